The molecule has 154 valence electrons. The van der Waals surface area contributed by atoms with Crippen LogP contribution in [-0.4, -0.2) is 58.3 Å². The van der Waals surface area contributed by atoms with Crippen molar-refractivity contribution >= 4 is 23.8 Å². The Morgan fingerprint density at radius 3 is 2.59 bits per heavy atom. The molecular formula is C21H25N3O5. The third-order valence-electron chi connectivity index (χ3n) is 6.09. The van der Waals surface area contributed by atoms with Crippen molar-refractivity contribution in [1.29, 1.82) is 0 Å². The molecule has 3 aliphatic rings. The second-order valence-corrected chi connectivity index (χ2v) is 8.02. The van der Waals surface area contributed by atoms with Crippen LogP contribution in [0.5, 0.6) is 0 Å². The van der Waals surface area contributed by atoms with Crippen LogP contribution in [0.3, 0.4) is 0 Å². The number of esters is 1. The van der Waals surface area contributed by atoms with Crippen LogP contribution in [0.2, 0.25) is 0 Å². The lowest BCUT2D eigenvalue weighted by atomic mass is 9.98. The van der Waals surface area contributed by atoms with Gasteiger partial charge in [0.05, 0.1) is 0 Å². The molecule has 2 fully saturated rings. The molecule has 4 rings (SSSR count). The third-order valence-corrected chi connectivity index (χ3v) is 6.09. The minimum atomic E-state index is -0.978. The number of carbonyl (C=O) groups is 4. The Kier molecular flexibility index (Phi) is 5.02. The summed E-state index contributed by atoms with van der Waals surface area (Å²) in [4.78, 5) is 52.4. The van der Waals surface area contributed by atoms with Gasteiger partial charge in [0.1, 0.15) is 12.1 Å². The molecule has 2 aliphatic heterocycles. The monoisotopic (exact) mass is 399 g/mol. The number of benzene rings is 1. The number of rotatable bonds is 4. The van der Waals surface area contributed by atoms with Gasteiger partial charge in [0.2, 0.25) is 0 Å². The fourth-order valence-corrected chi connectivity index (χ4v) is 4.49. The van der Waals surface area contributed by atoms with Gasteiger partial charge in [-0.1, -0.05) is 37.1 Å². The molecule has 0 unspecified atom stereocenters. The maximum Gasteiger partial charge on any atom is 0.327 e. The van der Waals surface area contributed by atoms with Gasteiger partial charge in [0, 0.05) is 13.1 Å². The van der Waals surface area contributed by atoms with Crippen LogP contribution in [0.1, 0.15) is 43.7 Å². The first kappa shape index (κ1) is 19.4. The van der Waals surface area contributed by atoms with Crippen molar-refractivity contribution in [1.82, 2.24) is 15.1 Å². The van der Waals surface area contributed by atoms with Crippen molar-refractivity contribution < 1.29 is 23.9 Å². The summed E-state index contributed by atoms with van der Waals surface area (Å²) >= 11 is 0. The zero-order valence-corrected chi connectivity index (χ0v) is 16.5. The molecule has 2 heterocycles. The number of nitrogens with zero attached hydrogens (tertiary/aromatic N) is 2. The van der Waals surface area contributed by atoms with E-state index in [1.165, 1.54) is 12.5 Å². The van der Waals surface area contributed by atoms with Gasteiger partial charge >= 0.3 is 12.0 Å². The summed E-state index contributed by atoms with van der Waals surface area (Å²) in [6.45, 7) is 2.08. The Balaban J connectivity index is 1.33. The smallest absolute Gasteiger partial charge is 0.327 e. The zero-order chi connectivity index (χ0) is 20.6. The third kappa shape index (κ3) is 3.59. The summed E-state index contributed by atoms with van der Waals surface area (Å²) in [5.74, 6) is -1.41. The number of urea groups is 1. The molecule has 1 saturated heterocycles. The lowest BCUT2D eigenvalue weighted by Crippen LogP contribution is -2.45. The quantitative estimate of drug-likeness (QED) is 0.609. The van der Waals surface area contributed by atoms with E-state index < -0.39 is 30.2 Å². The molecule has 1 aromatic rings. The molecule has 0 bridgehead atoms. The highest BCUT2D eigenvalue weighted by Gasteiger charge is 2.52. The molecule has 1 spiro atoms. The molecule has 1 atom stereocenters. The summed E-state index contributed by atoms with van der Waals surface area (Å²) in [5, 5.41) is 2.73. The number of fused-ring (bicyclic) bond motifs is 1. The predicted octanol–water partition coefficient (Wildman–Crippen LogP) is 1.37. The molecule has 1 N–H and O–H groups in total. The van der Waals surface area contributed by atoms with Crippen molar-refractivity contribution in [3.05, 3.63) is 35.4 Å². The van der Waals surface area contributed by atoms with Gasteiger partial charge in [-0.25, -0.2) is 4.79 Å². The van der Waals surface area contributed by atoms with E-state index in [1.807, 2.05) is 18.2 Å². The van der Waals surface area contributed by atoms with Crippen LogP contribution in [0.4, 0.5) is 4.79 Å². The van der Waals surface area contributed by atoms with E-state index in [-0.39, 0.29) is 11.8 Å². The van der Waals surface area contributed by atoms with E-state index in [2.05, 4.69) is 11.4 Å². The van der Waals surface area contributed by atoms with Gasteiger partial charge in [0.25, 0.3) is 11.8 Å². The second-order valence-electron chi connectivity index (χ2n) is 8.02. The summed E-state index contributed by atoms with van der Waals surface area (Å²) in [7, 11) is 0. The Morgan fingerprint density at radius 2 is 1.86 bits per heavy atom. The van der Waals surface area contributed by atoms with E-state index in [0.717, 1.165) is 29.7 Å². The highest BCUT2D eigenvalue weighted by atomic mass is 16.5. The topological polar surface area (TPSA) is 96.0 Å². The minimum absolute atomic E-state index is 0.280. The Bertz CT molecular complexity index is 862. The van der Waals surface area contributed by atoms with Gasteiger partial charge in [0.15, 0.2) is 6.10 Å². The molecule has 0 radical (unpaired) electrons. The van der Waals surface area contributed by atoms with E-state index in [9.17, 15) is 19.2 Å². The normalized spacial score (nSPS) is 21.1. The highest BCUT2D eigenvalue weighted by molar-refractivity contribution is 6.08. The summed E-state index contributed by atoms with van der Waals surface area (Å²) < 4.78 is 5.26. The first-order chi connectivity index (χ1) is 13.9. The van der Waals surface area contributed by atoms with Crippen molar-refractivity contribution in [3.63, 3.8) is 0 Å². The number of imide groups is 1. The first-order valence-electron chi connectivity index (χ1n) is 10.1. The average Bonchev–Trinajstić information content (AvgIpc) is 3.27. The van der Waals surface area contributed by atoms with Crippen LogP contribution < -0.4 is 5.32 Å². The minimum Gasteiger partial charge on any atom is -0.451 e. The van der Waals surface area contributed by atoms with Gasteiger partial charge in [-0.2, -0.15) is 0 Å². The van der Waals surface area contributed by atoms with Gasteiger partial charge in [-0.3, -0.25) is 19.3 Å². The van der Waals surface area contributed by atoms with Crippen LogP contribution in [0.25, 0.3) is 0 Å². The number of hydrogen-bond donors (Lipinski definition) is 1. The van der Waals surface area contributed by atoms with Crippen molar-refractivity contribution in [2.75, 3.05) is 13.1 Å². The first-order valence-corrected chi connectivity index (χ1v) is 10.1. The Labute approximate surface area is 169 Å². The van der Waals surface area contributed by atoms with Crippen LogP contribution in [0.15, 0.2) is 24.3 Å². The number of carbonyl (C=O) groups excluding carboxylic acids is 4. The SMILES string of the molecule is C[C@H](OC(=O)CN1C(=O)NC2(CCCC2)C1=O)C(=O)N1CCc2ccccc2C1. The molecule has 8 heteroatoms. The zero-order valence-electron chi connectivity index (χ0n) is 16.5. The lowest BCUT2D eigenvalue weighted by Gasteiger charge is -2.30. The van der Waals surface area contributed by atoms with E-state index >= 15 is 0 Å². The van der Waals surface area contributed by atoms with Gasteiger partial charge in [-0.05, 0) is 37.3 Å². The molecule has 1 saturated carbocycles. The molecule has 8 nitrogen and oxygen atoms in total. The van der Waals surface area contributed by atoms with Gasteiger partial charge in [-0.15, -0.1) is 0 Å². The molecule has 0 aromatic heterocycles. The number of ether oxygens (including phenoxy) is 1. The number of nitrogens with one attached hydrogen (secondary N) is 1. The van der Waals surface area contributed by atoms with Crippen molar-refractivity contribution in [2.24, 2.45) is 0 Å². The fourth-order valence-electron chi connectivity index (χ4n) is 4.49. The summed E-state index contributed by atoms with van der Waals surface area (Å²) in [6.07, 6.45) is 2.70. The van der Waals surface area contributed by atoms with Crippen LogP contribution >= 0.6 is 0 Å². The molecule has 4 amide bonds. The Hall–Kier alpha value is -2.90. The maximum absolute atomic E-state index is 12.7. The highest BCUT2D eigenvalue weighted by Crippen LogP contribution is 2.35. The van der Waals surface area contributed by atoms with Crippen molar-refractivity contribution in [3.8, 4) is 0 Å². The van der Waals surface area contributed by atoms with Gasteiger partial charge < -0.3 is 15.0 Å². The maximum atomic E-state index is 12.7. The van der Waals surface area contributed by atoms with E-state index in [0.29, 0.717) is 25.9 Å². The number of amides is 4. The molecule has 29 heavy (non-hydrogen) atoms. The number of hydrogen-bond acceptors (Lipinski definition) is 5. The largest absolute Gasteiger partial charge is 0.451 e. The second kappa shape index (κ2) is 7.50. The van der Waals surface area contributed by atoms with Crippen molar-refractivity contribution in [2.45, 2.75) is 57.2 Å². The predicted molar refractivity (Wildman–Crippen MR) is 103 cm³/mol. The Morgan fingerprint density at radius 1 is 1.17 bits per heavy atom. The molecular weight excluding hydrogens is 374 g/mol. The standard InChI is InChI=1S/C21H25N3O5/c1-14(18(26)23-11-8-15-6-2-3-7-16(15)12-23)29-17(25)13-24-19(27)21(22-20(24)28)9-4-5-10-21/h2-3,6-7,14H,4-5,8-13H2,1H3,(H,22,28)/t14-/m0/s1. The fraction of sp³-hybridized carbons (Fsp3) is 0.524. The molecule has 1 aromatic carbocycles. The van der Waals surface area contributed by atoms with E-state index in [4.69, 9.17) is 4.74 Å². The summed E-state index contributed by atoms with van der Waals surface area (Å²) in [6, 6.07) is 7.38. The summed E-state index contributed by atoms with van der Waals surface area (Å²) in [5.41, 5.74) is 1.45. The average molecular weight is 399 g/mol. The van der Waals surface area contributed by atoms with Crippen LogP contribution in [-0.2, 0) is 32.1 Å². The van der Waals surface area contributed by atoms with Crippen LogP contribution in [0, 0.1) is 0 Å². The lowest BCUT2D eigenvalue weighted by molar-refractivity contribution is -0.160. The van der Waals surface area contributed by atoms with E-state index in [1.54, 1.807) is 4.90 Å². The molecule has 1 aliphatic carbocycles.